The van der Waals surface area contributed by atoms with Crippen LogP contribution >= 0.6 is 0 Å². The van der Waals surface area contributed by atoms with Crippen molar-refractivity contribution in [3.8, 4) is 22.8 Å². The van der Waals surface area contributed by atoms with Crippen molar-refractivity contribution in [3.05, 3.63) is 41.6 Å². The SMILES string of the molecule is COc1cc2c(cc1-c1ccc(OCC3CC3)nc1)CC(C)(C)C2NC(=O)O. The van der Waals surface area contributed by atoms with Crippen molar-refractivity contribution in [2.75, 3.05) is 13.7 Å². The number of methoxy groups -OCH3 is 1. The van der Waals surface area contributed by atoms with Gasteiger partial charge in [0, 0.05) is 23.4 Å². The molecule has 0 radical (unpaired) electrons. The van der Waals surface area contributed by atoms with E-state index in [0.717, 1.165) is 35.3 Å². The lowest BCUT2D eigenvalue weighted by Gasteiger charge is -2.27. The summed E-state index contributed by atoms with van der Waals surface area (Å²) in [6, 6.07) is 7.67. The third-order valence-corrected chi connectivity index (χ3v) is 5.68. The molecule has 1 unspecified atom stereocenters. The minimum Gasteiger partial charge on any atom is -0.496 e. The molecular weight excluding hydrogens is 356 g/mol. The van der Waals surface area contributed by atoms with Crippen LogP contribution in [0.25, 0.3) is 11.1 Å². The Kier molecular flexibility index (Phi) is 4.65. The molecule has 1 aromatic carbocycles. The van der Waals surface area contributed by atoms with Crippen molar-refractivity contribution in [1.82, 2.24) is 10.3 Å². The number of pyridine rings is 1. The number of hydrogen-bond donors (Lipinski definition) is 2. The lowest BCUT2D eigenvalue weighted by Crippen LogP contribution is -2.34. The second-order valence-electron chi connectivity index (χ2n) is 8.44. The van der Waals surface area contributed by atoms with E-state index in [1.54, 1.807) is 13.3 Å². The molecule has 1 heterocycles. The van der Waals surface area contributed by atoms with E-state index < -0.39 is 6.09 Å². The maximum absolute atomic E-state index is 11.3. The number of rotatable bonds is 6. The van der Waals surface area contributed by atoms with Gasteiger partial charge in [-0.25, -0.2) is 9.78 Å². The van der Waals surface area contributed by atoms with E-state index in [1.807, 2.05) is 18.2 Å². The molecule has 0 aliphatic heterocycles. The van der Waals surface area contributed by atoms with Gasteiger partial charge in [-0.05, 0) is 59.9 Å². The number of amides is 1. The van der Waals surface area contributed by atoms with E-state index in [-0.39, 0.29) is 11.5 Å². The van der Waals surface area contributed by atoms with E-state index in [1.165, 1.54) is 12.8 Å². The summed E-state index contributed by atoms with van der Waals surface area (Å²) in [7, 11) is 1.63. The Morgan fingerprint density at radius 2 is 2.11 bits per heavy atom. The van der Waals surface area contributed by atoms with Crippen molar-refractivity contribution in [2.24, 2.45) is 11.3 Å². The van der Waals surface area contributed by atoms with Crippen LogP contribution in [0.4, 0.5) is 4.79 Å². The van der Waals surface area contributed by atoms with Crippen LogP contribution in [-0.4, -0.2) is 29.9 Å². The molecule has 2 N–H and O–H groups in total. The van der Waals surface area contributed by atoms with Crippen LogP contribution in [0, 0.1) is 11.3 Å². The largest absolute Gasteiger partial charge is 0.496 e. The Morgan fingerprint density at radius 3 is 2.71 bits per heavy atom. The smallest absolute Gasteiger partial charge is 0.405 e. The summed E-state index contributed by atoms with van der Waals surface area (Å²) in [4.78, 5) is 15.7. The molecule has 1 amide bonds. The van der Waals surface area contributed by atoms with Gasteiger partial charge in [-0.15, -0.1) is 0 Å². The highest BCUT2D eigenvalue weighted by atomic mass is 16.5. The fourth-order valence-corrected chi connectivity index (χ4v) is 3.98. The normalized spacial score (nSPS) is 19.8. The van der Waals surface area contributed by atoms with Crippen LogP contribution in [0.2, 0.25) is 0 Å². The predicted molar refractivity (Wildman–Crippen MR) is 106 cm³/mol. The standard InChI is InChI=1S/C22H26N2O4/c1-22(2)10-15-8-16(18(27-3)9-17(15)20(22)24-21(25)26)14-6-7-19(23-11-14)28-12-13-4-5-13/h6-9,11,13,20,24H,4-5,10,12H2,1-3H3,(H,25,26). The maximum Gasteiger partial charge on any atom is 0.405 e. The molecule has 2 aromatic rings. The Labute approximate surface area is 164 Å². The average Bonchev–Trinajstić information content (AvgIpc) is 3.45. The van der Waals surface area contributed by atoms with E-state index in [9.17, 15) is 9.90 Å². The number of aromatic nitrogens is 1. The van der Waals surface area contributed by atoms with Gasteiger partial charge in [-0.3, -0.25) is 0 Å². The fraction of sp³-hybridized carbons (Fsp3) is 0.455. The Hall–Kier alpha value is -2.76. The highest BCUT2D eigenvalue weighted by Gasteiger charge is 2.40. The molecule has 28 heavy (non-hydrogen) atoms. The van der Waals surface area contributed by atoms with E-state index in [2.05, 4.69) is 30.2 Å². The highest BCUT2D eigenvalue weighted by molar-refractivity contribution is 5.73. The number of carbonyl (C=O) groups is 1. The summed E-state index contributed by atoms with van der Waals surface area (Å²) in [6.07, 6.45) is 4.08. The van der Waals surface area contributed by atoms with Gasteiger partial charge in [-0.1, -0.05) is 13.8 Å². The van der Waals surface area contributed by atoms with Gasteiger partial charge in [0.15, 0.2) is 0 Å². The van der Waals surface area contributed by atoms with Crippen LogP contribution in [0.5, 0.6) is 11.6 Å². The van der Waals surface area contributed by atoms with Crippen LogP contribution < -0.4 is 14.8 Å². The first-order valence-electron chi connectivity index (χ1n) is 9.67. The van der Waals surface area contributed by atoms with Gasteiger partial charge in [0.25, 0.3) is 0 Å². The average molecular weight is 382 g/mol. The van der Waals surface area contributed by atoms with E-state index in [0.29, 0.717) is 17.5 Å². The minimum absolute atomic E-state index is 0.205. The molecule has 0 saturated heterocycles. The van der Waals surface area contributed by atoms with Crippen LogP contribution in [-0.2, 0) is 6.42 Å². The van der Waals surface area contributed by atoms with Crippen LogP contribution in [0.1, 0.15) is 43.9 Å². The molecule has 1 fully saturated rings. The van der Waals surface area contributed by atoms with Gasteiger partial charge < -0.3 is 19.9 Å². The quantitative estimate of drug-likeness (QED) is 0.772. The highest BCUT2D eigenvalue weighted by Crippen LogP contribution is 2.48. The summed E-state index contributed by atoms with van der Waals surface area (Å²) in [5.41, 5.74) is 3.81. The zero-order chi connectivity index (χ0) is 19.9. The zero-order valence-corrected chi connectivity index (χ0v) is 16.5. The van der Waals surface area contributed by atoms with E-state index >= 15 is 0 Å². The summed E-state index contributed by atoms with van der Waals surface area (Å²) in [6.45, 7) is 4.89. The second-order valence-corrected chi connectivity index (χ2v) is 8.44. The molecule has 6 nitrogen and oxygen atoms in total. The third kappa shape index (κ3) is 3.63. The number of fused-ring (bicyclic) bond motifs is 1. The molecule has 0 spiro atoms. The summed E-state index contributed by atoms with van der Waals surface area (Å²) < 4.78 is 11.4. The van der Waals surface area contributed by atoms with Gasteiger partial charge >= 0.3 is 6.09 Å². The van der Waals surface area contributed by atoms with Crippen molar-refractivity contribution in [2.45, 2.75) is 39.2 Å². The lowest BCUT2D eigenvalue weighted by atomic mass is 9.85. The molecule has 1 atom stereocenters. The summed E-state index contributed by atoms with van der Waals surface area (Å²) in [5, 5.41) is 11.9. The Morgan fingerprint density at radius 1 is 1.32 bits per heavy atom. The molecule has 1 saturated carbocycles. The third-order valence-electron chi connectivity index (χ3n) is 5.68. The molecule has 1 aromatic heterocycles. The number of carboxylic acid groups (broad SMARTS) is 1. The first-order valence-corrected chi connectivity index (χ1v) is 9.67. The number of ether oxygens (including phenoxy) is 2. The number of nitrogens with one attached hydrogen (secondary N) is 1. The second kappa shape index (κ2) is 7.00. The van der Waals surface area contributed by atoms with Gasteiger partial charge in [0.1, 0.15) is 5.75 Å². The molecule has 4 rings (SSSR count). The molecular formula is C22H26N2O4. The van der Waals surface area contributed by atoms with Crippen LogP contribution in [0.15, 0.2) is 30.5 Å². The molecule has 2 aliphatic carbocycles. The van der Waals surface area contributed by atoms with Crippen molar-refractivity contribution in [3.63, 3.8) is 0 Å². The summed E-state index contributed by atoms with van der Waals surface area (Å²) in [5.74, 6) is 2.04. The lowest BCUT2D eigenvalue weighted by molar-refractivity contribution is 0.175. The van der Waals surface area contributed by atoms with Crippen molar-refractivity contribution >= 4 is 6.09 Å². The van der Waals surface area contributed by atoms with Crippen molar-refractivity contribution < 1.29 is 19.4 Å². The fourth-order valence-electron chi connectivity index (χ4n) is 3.98. The monoisotopic (exact) mass is 382 g/mol. The van der Waals surface area contributed by atoms with Crippen LogP contribution in [0.3, 0.4) is 0 Å². The molecule has 148 valence electrons. The predicted octanol–water partition coefficient (Wildman–Crippen LogP) is 4.44. The zero-order valence-electron chi connectivity index (χ0n) is 16.5. The molecule has 6 heteroatoms. The van der Waals surface area contributed by atoms with Gasteiger partial charge in [0.05, 0.1) is 19.8 Å². The first-order chi connectivity index (χ1) is 13.4. The number of benzene rings is 1. The van der Waals surface area contributed by atoms with E-state index in [4.69, 9.17) is 9.47 Å². The Bertz CT molecular complexity index is 888. The number of hydrogen-bond acceptors (Lipinski definition) is 4. The first kappa shape index (κ1) is 18.6. The Balaban J connectivity index is 1.64. The minimum atomic E-state index is -1.01. The maximum atomic E-state index is 11.3. The van der Waals surface area contributed by atoms with Gasteiger partial charge in [-0.2, -0.15) is 0 Å². The topological polar surface area (TPSA) is 80.7 Å². The van der Waals surface area contributed by atoms with Gasteiger partial charge in [0.2, 0.25) is 5.88 Å². The summed E-state index contributed by atoms with van der Waals surface area (Å²) >= 11 is 0. The van der Waals surface area contributed by atoms with Crippen molar-refractivity contribution in [1.29, 1.82) is 0 Å². The molecule has 2 aliphatic rings. The number of nitrogens with zero attached hydrogens (tertiary/aromatic N) is 1. The molecule has 0 bridgehead atoms.